The fourth-order valence-corrected chi connectivity index (χ4v) is 6.24. The first kappa shape index (κ1) is 18.7. The third kappa shape index (κ3) is 2.99. The number of carbonyl (C=O) groups excluding carboxylic acids is 1. The zero-order valence-corrected chi connectivity index (χ0v) is 16.3. The van der Waals surface area contributed by atoms with Gasteiger partial charge in [-0.25, -0.2) is 0 Å². The number of rotatable bonds is 3. The predicted octanol–water partition coefficient (Wildman–Crippen LogP) is 5.00. The van der Waals surface area contributed by atoms with E-state index in [1.807, 2.05) is 0 Å². The van der Waals surface area contributed by atoms with Gasteiger partial charge in [-0.3, -0.25) is 4.79 Å². The molecule has 0 bridgehead atoms. The van der Waals surface area contributed by atoms with Gasteiger partial charge in [0.1, 0.15) is 0 Å². The van der Waals surface area contributed by atoms with E-state index in [4.69, 9.17) is 4.74 Å². The van der Waals surface area contributed by atoms with Gasteiger partial charge < -0.3 is 9.84 Å². The maximum atomic E-state index is 11.4. The van der Waals surface area contributed by atoms with Crippen LogP contribution >= 0.6 is 0 Å². The van der Waals surface area contributed by atoms with Gasteiger partial charge in [0, 0.05) is 12.3 Å². The fraction of sp³-hybridized carbons (Fsp3) is 0.773. The van der Waals surface area contributed by atoms with E-state index in [9.17, 15) is 9.90 Å². The summed E-state index contributed by atoms with van der Waals surface area (Å²) in [5.41, 5.74) is 1.64. The molecule has 0 amide bonds. The highest BCUT2D eigenvalue weighted by molar-refractivity contribution is 5.66. The highest BCUT2D eigenvalue weighted by atomic mass is 16.6. The molecule has 0 spiro atoms. The van der Waals surface area contributed by atoms with E-state index in [2.05, 4.69) is 39.5 Å². The van der Waals surface area contributed by atoms with Gasteiger partial charge in [0.15, 0.2) is 0 Å². The van der Waals surface area contributed by atoms with Crippen molar-refractivity contribution in [1.29, 1.82) is 0 Å². The van der Waals surface area contributed by atoms with Crippen LogP contribution in [0.25, 0.3) is 0 Å². The quantitative estimate of drug-likeness (QED) is 0.444. The number of aliphatic hydroxyl groups excluding tert-OH is 1. The van der Waals surface area contributed by atoms with Crippen molar-refractivity contribution in [3.05, 3.63) is 24.3 Å². The van der Waals surface area contributed by atoms with Crippen molar-refractivity contribution in [2.45, 2.75) is 78.9 Å². The van der Waals surface area contributed by atoms with E-state index in [0.717, 1.165) is 25.7 Å². The average molecular weight is 347 g/mol. The molecule has 2 saturated carbocycles. The lowest BCUT2D eigenvalue weighted by molar-refractivity contribution is -0.221. The summed E-state index contributed by atoms with van der Waals surface area (Å²) in [6, 6.07) is 0. The molecule has 0 heterocycles. The molecule has 0 radical (unpaired) electrons. The minimum Gasteiger partial charge on any atom is -0.436 e. The van der Waals surface area contributed by atoms with Crippen LogP contribution in [0.1, 0.15) is 72.6 Å². The highest BCUT2D eigenvalue weighted by Gasteiger charge is 2.58. The minimum atomic E-state index is -1.01. The number of ether oxygens (including phenoxy) is 1. The number of allylic oxidation sites excluding steroid dienone is 3. The van der Waals surface area contributed by atoms with Crippen LogP contribution in [0.15, 0.2) is 24.3 Å². The van der Waals surface area contributed by atoms with Crippen molar-refractivity contribution in [3.8, 4) is 0 Å². The first-order valence-corrected chi connectivity index (χ1v) is 9.82. The van der Waals surface area contributed by atoms with Crippen molar-refractivity contribution >= 4 is 5.97 Å². The summed E-state index contributed by atoms with van der Waals surface area (Å²) in [6.07, 6.45) is 11.2. The number of hydrogen-bond acceptors (Lipinski definition) is 3. The number of carbonyl (C=O) groups is 1. The van der Waals surface area contributed by atoms with Crippen LogP contribution in [0, 0.1) is 28.1 Å². The minimum absolute atomic E-state index is 0.181. The molecule has 1 N–H and O–H groups in total. The molecule has 3 nitrogen and oxygen atoms in total. The highest BCUT2D eigenvalue weighted by Crippen LogP contribution is 2.64. The fourth-order valence-electron chi connectivity index (χ4n) is 6.24. The maximum Gasteiger partial charge on any atom is 0.304 e. The average Bonchev–Trinajstić information content (AvgIpc) is 2.53. The zero-order valence-electron chi connectivity index (χ0n) is 16.3. The molecular weight excluding hydrogens is 312 g/mol. The largest absolute Gasteiger partial charge is 0.436 e. The van der Waals surface area contributed by atoms with Crippen molar-refractivity contribution in [2.24, 2.45) is 28.1 Å². The Morgan fingerprint density at radius 2 is 2.08 bits per heavy atom. The second kappa shape index (κ2) is 6.26. The molecular formula is C22H34O3. The summed E-state index contributed by atoms with van der Waals surface area (Å²) in [6.45, 7) is 12.3. The van der Waals surface area contributed by atoms with Gasteiger partial charge >= 0.3 is 5.97 Å². The molecule has 0 aliphatic heterocycles. The Morgan fingerprint density at radius 1 is 1.36 bits per heavy atom. The third-order valence-electron chi connectivity index (χ3n) is 7.83. The Hall–Kier alpha value is -1.09. The number of hydrogen-bond donors (Lipinski definition) is 1. The Morgan fingerprint density at radius 3 is 2.72 bits per heavy atom. The van der Waals surface area contributed by atoms with E-state index in [1.165, 1.54) is 26.2 Å². The Labute approximate surface area is 152 Å². The molecule has 3 aliphatic rings. The smallest absolute Gasteiger partial charge is 0.304 e. The Balaban J connectivity index is 1.92. The van der Waals surface area contributed by atoms with Crippen molar-refractivity contribution in [2.75, 3.05) is 0 Å². The van der Waals surface area contributed by atoms with E-state index in [1.54, 1.807) is 5.57 Å². The molecule has 25 heavy (non-hydrogen) atoms. The lowest BCUT2D eigenvalue weighted by atomic mass is 9.45. The van der Waals surface area contributed by atoms with Crippen LogP contribution in [0.3, 0.4) is 0 Å². The van der Waals surface area contributed by atoms with Crippen LogP contribution in [-0.4, -0.2) is 17.4 Å². The second-order valence-electron chi connectivity index (χ2n) is 9.52. The summed E-state index contributed by atoms with van der Waals surface area (Å²) in [4.78, 5) is 11.4. The van der Waals surface area contributed by atoms with Gasteiger partial charge in [0.2, 0.25) is 6.29 Å². The molecule has 0 aromatic heterocycles. The molecule has 140 valence electrons. The summed E-state index contributed by atoms with van der Waals surface area (Å²) in [5, 5.41) is 10.7. The van der Waals surface area contributed by atoms with E-state index < -0.39 is 12.3 Å². The van der Waals surface area contributed by atoms with E-state index >= 15 is 0 Å². The first-order valence-electron chi connectivity index (χ1n) is 9.82. The summed E-state index contributed by atoms with van der Waals surface area (Å²) < 4.78 is 5.26. The van der Waals surface area contributed by atoms with Gasteiger partial charge in [-0.05, 0) is 61.2 Å². The Kier molecular flexibility index (Phi) is 4.68. The molecule has 1 unspecified atom stereocenters. The third-order valence-corrected chi connectivity index (χ3v) is 7.83. The summed E-state index contributed by atoms with van der Waals surface area (Å²) in [5.74, 6) is 0.542. The second-order valence-corrected chi connectivity index (χ2v) is 9.52. The van der Waals surface area contributed by atoms with Crippen molar-refractivity contribution < 1.29 is 14.6 Å². The van der Waals surface area contributed by atoms with Crippen LogP contribution in [-0.2, 0) is 9.53 Å². The topological polar surface area (TPSA) is 46.5 Å². The molecule has 6 atom stereocenters. The van der Waals surface area contributed by atoms with Crippen molar-refractivity contribution in [3.63, 3.8) is 0 Å². The van der Waals surface area contributed by atoms with Gasteiger partial charge in [0.25, 0.3) is 0 Å². The van der Waals surface area contributed by atoms with E-state index in [-0.39, 0.29) is 16.2 Å². The van der Waals surface area contributed by atoms with Gasteiger partial charge in [0.05, 0.1) is 0 Å². The SMILES string of the molecule is C=C[C@@]1(C)CC[C@H]2C(=CC[C@@H]3[C@]2(C)CCC[C@]3(C)C(O)OC(C)=O)C1. The van der Waals surface area contributed by atoms with Crippen LogP contribution < -0.4 is 0 Å². The number of esters is 1. The zero-order chi connectivity index (χ0) is 18.5. The normalized spacial score (nSPS) is 44.8. The molecule has 0 aromatic rings. The van der Waals surface area contributed by atoms with Crippen LogP contribution in [0.4, 0.5) is 0 Å². The first-order chi connectivity index (χ1) is 11.6. The number of aliphatic hydroxyl groups is 1. The molecule has 3 heteroatoms. The predicted molar refractivity (Wildman–Crippen MR) is 99.7 cm³/mol. The number of fused-ring (bicyclic) bond motifs is 3. The molecule has 3 rings (SSSR count). The maximum absolute atomic E-state index is 11.4. The van der Waals surface area contributed by atoms with Gasteiger partial charge in [-0.15, -0.1) is 6.58 Å². The standard InChI is InChI=1S/C22H34O3/c1-6-20(3)13-10-17-16(14-20)8-9-18-21(17,4)11-7-12-22(18,5)19(24)25-15(2)23/h6,8,17-19,24H,1,7,9-14H2,2-5H3/t17-,18+,19?,20-,21+,22-/m0/s1. The van der Waals surface area contributed by atoms with Gasteiger partial charge in [-0.1, -0.05) is 44.9 Å². The lowest BCUT2D eigenvalue weighted by Gasteiger charge is -2.60. The molecule has 0 aromatic carbocycles. The van der Waals surface area contributed by atoms with Crippen molar-refractivity contribution in [1.82, 2.24) is 0 Å². The Bertz CT molecular complexity index is 594. The lowest BCUT2D eigenvalue weighted by Crippen LogP contribution is -2.55. The monoisotopic (exact) mass is 346 g/mol. The molecule has 2 fully saturated rings. The van der Waals surface area contributed by atoms with Crippen LogP contribution in [0.2, 0.25) is 0 Å². The molecule has 3 aliphatic carbocycles. The molecule has 0 saturated heterocycles. The van der Waals surface area contributed by atoms with Gasteiger partial charge in [-0.2, -0.15) is 0 Å². The summed E-state index contributed by atoms with van der Waals surface area (Å²) in [7, 11) is 0. The van der Waals surface area contributed by atoms with E-state index in [0.29, 0.717) is 11.8 Å². The summed E-state index contributed by atoms with van der Waals surface area (Å²) >= 11 is 0. The van der Waals surface area contributed by atoms with Crippen LogP contribution in [0.5, 0.6) is 0 Å².